The van der Waals surface area contributed by atoms with Crippen LogP contribution in [0.15, 0.2) is 41.4 Å². The van der Waals surface area contributed by atoms with E-state index in [1.54, 1.807) is 11.8 Å². The number of nitrogens with zero attached hydrogens (tertiary/aromatic N) is 3. The highest BCUT2D eigenvalue weighted by molar-refractivity contribution is 5.55. The predicted octanol–water partition coefficient (Wildman–Crippen LogP) is 2.49. The van der Waals surface area contributed by atoms with Crippen molar-refractivity contribution in [1.82, 2.24) is 9.78 Å². The van der Waals surface area contributed by atoms with E-state index in [1.807, 2.05) is 43.3 Å². The quantitative estimate of drug-likeness (QED) is 0.583. The van der Waals surface area contributed by atoms with Crippen molar-refractivity contribution in [3.63, 3.8) is 0 Å². The van der Waals surface area contributed by atoms with Gasteiger partial charge in [-0.2, -0.15) is 5.10 Å². The standard InChI is InChI=1S/C12H13N3O/c1-10-8-12(13-9-16-2)15(14-10)11-6-4-3-5-7-11/h3-9H,1-2H3. The number of hydrogen-bond donors (Lipinski definition) is 0. The summed E-state index contributed by atoms with van der Waals surface area (Å²) in [5, 5.41) is 4.38. The first-order chi connectivity index (χ1) is 7.81. The Hall–Kier alpha value is -2.10. The third-order valence-corrected chi connectivity index (χ3v) is 2.10. The number of hydrogen-bond acceptors (Lipinski definition) is 3. The summed E-state index contributed by atoms with van der Waals surface area (Å²) in [5.74, 6) is 0.755. The number of benzene rings is 1. The molecule has 0 amide bonds. The molecule has 0 atom stereocenters. The molecule has 2 rings (SSSR count). The van der Waals surface area contributed by atoms with E-state index in [-0.39, 0.29) is 0 Å². The highest BCUT2D eigenvalue weighted by atomic mass is 16.5. The van der Waals surface area contributed by atoms with Crippen molar-refractivity contribution in [2.45, 2.75) is 6.92 Å². The topological polar surface area (TPSA) is 39.4 Å². The second-order valence-electron chi connectivity index (χ2n) is 3.36. The van der Waals surface area contributed by atoms with Gasteiger partial charge in [-0.05, 0) is 19.1 Å². The molecule has 1 aromatic carbocycles. The summed E-state index contributed by atoms with van der Waals surface area (Å²) >= 11 is 0. The van der Waals surface area contributed by atoms with Crippen LogP contribution in [-0.2, 0) is 4.74 Å². The van der Waals surface area contributed by atoms with Gasteiger partial charge in [0.15, 0.2) is 12.2 Å². The maximum Gasteiger partial charge on any atom is 0.175 e. The number of ether oxygens (including phenoxy) is 1. The van der Waals surface area contributed by atoms with Crippen LogP contribution in [0.4, 0.5) is 5.82 Å². The fourth-order valence-corrected chi connectivity index (χ4v) is 1.44. The zero-order chi connectivity index (χ0) is 11.4. The van der Waals surface area contributed by atoms with Crippen molar-refractivity contribution in [2.24, 2.45) is 4.99 Å². The van der Waals surface area contributed by atoms with E-state index in [1.165, 1.54) is 6.40 Å². The predicted molar refractivity (Wildman–Crippen MR) is 63.5 cm³/mol. The van der Waals surface area contributed by atoms with Gasteiger partial charge >= 0.3 is 0 Å². The molecule has 0 aliphatic carbocycles. The first kappa shape index (κ1) is 10.4. The molecule has 82 valence electrons. The zero-order valence-corrected chi connectivity index (χ0v) is 9.29. The number of aliphatic imine (C=N–C) groups is 1. The molecule has 0 spiro atoms. The van der Waals surface area contributed by atoms with E-state index in [4.69, 9.17) is 4.74 Å². The summed E-state index contributed by atoms with van der Waals surface area (Å²) in [7, 11) is 1.57. The maximum atomic E-state index is 4.81. The highest BCUT2D eigenvalue weighted by Crippen LogP contribution is 2.18. The molecule has 2 aromatic rings. The Morgan fingerprint density at radius 3 is 2.75 bits per heavy atom. The molecule has 0 aliphatic heterocycles. The summed E-state index contributed by atoms with van der Waals surface area (Å²) in [6.07, 6.45) is 1.40. The lowest BCUT2D eigenvalue weighted by Crippen LogP contribution is -1.95. The van der Waals surface area contributed by atoms with Crippen molar-refractivity contribution in [1.29, 1.82) is 0 Å². The highest BCUT2D eigenvalue weighted by Gasteiger charge is 2.05. The van der Waals surface area contributed by atoms with Crippen LogP contribution in [0.1, 0.15) is 5.69 Å². The van der Waals surface area contributed by atoms with Crippen LogP contribution in [0.5, 0.6) is 0 Å². The van der Waals surface area contributed by atoms with Crippen molar-refractivity contribution in [2.75, 3.05) is 7.11 Å². The summed E-state index contributed by atoms with van der Waals surface area (Å²) in [4.78, 5) is 4.18. The minimum absolute atomic E-state index is 0.755. The molecular formula is C12H13N3O. The molecular weight excluding hydrogens is 202 g/mol. The van der Waals surface area contributed by atoms with Gasteiger partial charge in [-0.25, -0.2) is 9.67 Å². The Morgan fingerprint density at radius 1 is 1.31 bits per heavy atom. The van der Waals surface area contributed by atoms with Gasteiger partial charge in [0.25, 0.3) is 0 Å². The Bertz CT molecular complexity index is 488. The fraction of sp³-hybridized carbons (Fsp3) is 0.167. The number of methoxy groups -OCH3 is 1. The van der Waals surface area contributed by atoms with E-state index in [0.717, 1.165) is 17.2 Å². The van der Waals surface area contributed by atoms with E-state index in [9.17, 15) is 0 Å². The third kappa shape index (κ3) is 2.11. The summed E-state index contributed by atoms with van der Waals surface area (Å²) in [6.45, 7) is 1.94. The van der Waals surface area contributed by atoms with Crippen LogP contribution < -0.4 is 0 Å². The molecule has 0 fully saturated rings. The average Bonchev–Trinajstić information content (AvgIpc) is 2.69. The van der Waals surface area contributed by atoms with Crippen molar-refractivity contribution in [3.05, 3.63) is 42.1 Å². The number of aryl methyl sites for hydroxylation is 1. The first-order valence-corrected chi connectivity index (χ1v) is 4.98. The summed E-state index contributed by atoms with van der Waals surface area (Å²) in [6, 6.07) is 11.8. The van der Waals surface area contributed by atoms with Gasteiger partial charge in [-0.1, -0.05) is 18.2 Å². The van der Waals surface area contributed by atoms with Crippen LogP contribution in [0.25, 0.3) is 5.69 Å². The fourth-order valence-electron chi connectivity index (χ4n) is 1.44. The van der Waals surface area contributed by atoms with Crippen LogP contribution in [0.2, 0.25) is 0 Å². The zero-order valence-electron chi connectivity index (χ0n) is 9.29. The Kier molecular flexibility index (Phi) is 3.00. The molecule has 4 heteroatoms. The van der Waals surface area contributed by atoms with Gasteiger partial charge in [-0.3, -0.25) is 0 Å². The summed E-state index contributed by atoms with van der Waals surface area (Å²) < 4.78 is 6.60. The molecule has 0 saturated carbocycles. The van der Waals surface area contributed by atoms with Gasteiger partial charge < -0.3 is 4.74 Å². The second-order valence-corrected chi connectivity index (χ2v) is 3.36. The molecule has 0 radical (unpaired) electrons. The van der Waals surface area contributed by atoms with Crippen molar-refractivity contribution >= 4 is 12.2 Å². The van der Waals surface area contributed by atoms with E-state index >= 15 is 0 Å². The van der Waals surface area contributed by atoms with Gasteiger partial charge in [0.2, 0.25) is 0 Å². The lowest BCUT2D eigenvalue weighted by atomic mass is 10.3. The smallest absolute Gasteiger partial charge is 0.175 e. The minimum atomic E-state index is 0.755. The van der Waals surface area contributed by atoms with E-state index in [2.05, 4.69) is 10.1 Å². The molecule has 1 heterocycles. The van der Waals surface area contributed by atoms with Gasteiger partial charge in [-0.15, -0.1) is 0 Å². The molecule has 4 nitrogen and oxygen atoms in total. The lowest BCUT2D eigenvalue weighted by molar-refractivity contribution is 0.423. The number of rotatable bonds is 3. The Balaban J connectivity index is 2.44. The molecule has 16 heavy (non-hydrogen) atoms. The van der Waals surface area contributed by atoms with Crippen molar-refractivity contribution in [3.8, 4) is 5.69 Å². The average molecular weight is 215 g/mol. The van der Waals surface area contributed by atoms with Gasteiger partial charge in [0.05, 0.1) is 18.5 Å². The lowest BCUT2D eigenvalue weighted by Gasteiger charge is -2.02. The number of aromatic nitrogens is 2. The Morgan fingerprint density at radius 2 is 2.06 bits per heavy atom. The minimum Gasteiger partial charge on any atom is -0.486 e. The van der Waals surface area contributed by atoms with E-state index < -0.39 is 0 Å². The normalized spacial score (nSPS) is 10.9. The molecule has 0 unspecified atom stereocenters. The molecule has 0 N–H and O–H groups in total. The van der Waals surface area contributed by atoms with Crippen LogP contribution in [0, 0.1) is 6.92 Å². The van der Waals surface area contributed by atoms with E-state index in [0.29, 0.717) is 0 Å². The molecule has 0 bridgehead atoms. The number of para-hydroxylation sites is 1. The molecule has 1 aromatic heterocycles. The summed E-state index contributed by atoms with van der Waals surface area (Å²) in [5.41, 5.74) is 1.91. The maximum absolute atomic E-state index is 4.81. The van der Waals surface area contributed by atoms with Gasteiger partial charge in [0.1, 0.15) is 0 Å². The molecule has 0 aliphatic rings. The Labute approximate surface area is 94.2 Å². The largest absolute Gasteiger partial charge is 0.486 e. The van der Waals surface area contributed by atoms with Gasteiger partial charge in [0, 0.05) is 6.07 Å². The SMILES string of the molecule is COC=Nc1cc(C)nn1-c1ccccc1. The van der Waals surface area contributed by atoms with Crippen LogP contribution in [-0.4, -0.2) is 23.3 Å². The molecule has 0 saturated heterocycles. The first-order valence-electron chi connectivity index (χ1n) is 4.98. The second kappa shape index (κ2) is 4.61. The van der Waals surface area contributed by atoms with Crippen LogP contribution >= 0.6 is 0 Å². The van der Waals surface area contributed by atoms with Crippen LogP contribution in [0.3, 0.4) is 0 Å². The monoisotopic (exact) mass is 215 g/mol. The third-order valence-electron chi connectivity index (χ3n) is 2.10. The van der Waals surface area contributed by atoms with Crippen molar-refractivity contribution < 1.29 is 4.74 Å².